The molecule has 7 heteroatoms. The number of carbonyl (C=O) groups is 1. The molecule has 5 nitrogen and oxygen atoms in total. The SMILES string of the molecule is COc1ccc(-c2nc(NC(=O)[C@@H]3Cc4cc(Cl)ccc4O3)sc2C)cc1. The highest BCUT2D eigenvalue weighted by Gasteiger charge is 2.30. The van der Waals surface area contributed by atoms with Crippen molar-refractivity contribution < 1.29 is 14.3 Å². The van der Waals surface area contributed by atoms with Crippen molar-refractivity contribution in [2.45, 2.75) is 19.4 Å². The maximum absolute atomic E-state index is 12.6. The zero-order valence-electron chi connectivity index (χ0n) is 14.8. The van der Waals surface area contributed by atoms with Crippen molar-refractivity contribution in [1.82, 2.24) is 4.98 Å². The number of benzene rings is 2. The van der Waals surface area contributed by atoms with E-state index in [-0.39, 0.29) is 5.91 Å². The number of nitrogens with zero attached hydrogens (tertiary/aromatic N) is 1. The fourth-order valence-corrected chi connectivity index (χ4v) is 4.05. The first-order chi connectivity index (χ1) is 13.0. The molecule has 0 saturated heterocycles. The van der Waals surface area contributed by atoms with E-state index < -0.39 is 6.10 Å². The Morgan fingerprint density at radius 3 is 2.81 bits per heavy atom. The Morgan fingerprint density at radius 2 is 2.07 bits per heavy atom. The monoisotopic (exact) mass is 400 g/mol. The van der Waals surface area contributed by atoms with Gasteiger partial charge in [-0.25, -0.2) is 4.98 Å². The Hall–Kier alpha value is -2.57. The summed E-state index contributed by atoms with van der Waals surface area (Å²) < 4.78 is 10.9. The number of halogens is 1. The molecule has 1 aliphatic heterocycles. The van der Waals surface area contributed by atoms with Crippen molar-refractivity contribution in [2.24, 2.45) is 0 Å². The number of fused-ring (bicyclic) bond motifs is 1. The molecular formula is C20H17ClN2O3S. The number of amides is 1. The molecule has 0 unspecified atom stereocenters. The van der Waals surface area contributed by atoms with Gasteiger partial charge in [-0.05, 0) is 55.0 Å². The van der Waals surface area contributed by atoms with E-state index >= 15 is 0 Å². The minimum Gasteiger partial charge on any atom is -0.497 e. The van der Waals surface area contributed by atoms with Crippen LogP contribution in [0.25, 0.3) is 11.3 Å². The average molecular weight is 401 g/mol. The Labute approximate surface area is 165 Å². The molecule has 1 atom stereocenters. The predicted molar refractivity (Wildman–Crippen MR) is 107 cm³/mol. The van der Waals surface area contributed by atoms with Gasteiger partial charge in [0.15, 0.2) is 11.2 Å². The Balaban J connectivity index is 1.48. The molecule has 4 rings (SSSR count). The first-order valence-corrected chi connectivity index (χ1v) is 9.61. The predicted octanol–water partition coefficient (Wildman–Crippen LogP) is 4.72. The fraction of sp³-hybridized carbons (Fsp3) is 0.200. The second-order valence-electron chi connectivity index (χ2n) is 6.20. The summed E-state index contributed by atoms with van der Waals surface area (Å²) in [6, 6.07) is 13.1. The second kappa shape index (κ2) is 7.21. The minimum atomic E-state index is -0.577. The van der Waals surface area contributed by atoms with E-state index in [2.05, 4.69) is 10.3 Å². The normalized spacial score (nSPS) is 15.1. The topological polar surface area (TPSA) is 60.5 Å². The fourth-order valence-electron chi connectivity index (χ4n) is 3.02. The summed E-state index contributed by atoms with van der Waals surface area (Å²) in [7, 11) is 1.63. The molecule has 2 heterocycles. The summed E-state index contributed by atoms with van der Waals surface area (Å²) in [5.41, 5.74) is 2.77. The number of thiazole rings is 1. The first kappa shape index (κ1) is 17.8. The molecule has 0 bridgehead atoms. The van der Waals surface area contributed by atoms with E-state index in [9.17, 15) is 4.79 Å². The van der Waals surface area contributed by atoms with Crippen molar-refractivity contribution in [3.8, 4) is 22.8 Å². The average Bonchev–Trinajstić information content (AvgIpc) is 3.24. The highest BCUT2D eigenvalue weighted by atomic mass is 35.5. The maximum atomic E-state index is 12.6. The lowest BCUT2D eigenvalue weighted by molar-refractivity contribution is -0.122. The molecule has 2 aromatic carbocycles. The number of ether oxygens (including phenoxy) is 2. The third-order valence-corrected chi connectivity index (χ3v) is 5.50. The lowest BCUT2D eigenvalue weighted by Crippen LogP contribution is -2.31. The van der Waals surface area contributed by atoms with Crippen molar-refractivity contribution >= 4 is 34.0 Å². The summed E-state index contributed by atoms with van der Waals surface area (Å²) >= 11 is 7.45. The molecule has 0 spiro atoms. The molecule has 27 heavy (non-hydrogen) atoms. The van der Waals surface area contributed by atoms with E-state index in [0.29, 0.717) is 22.3 Å². The maximum Gasteiger partial charge on any atom is 0.267 e. The number of methoxy groups -OCH3 is 1. The van der Waals surface area contributed by atoms with Crippen LogP contribution in [-0.2, 0) is 11.2 Å². The van der Waals surface area contributed by atoms with Crippen LogP contribution in [0.1, 0.15) is 10.4 Å². The van der Waals surface area contributed by atoms with E-state index in [4.69, 9.17) is 21.1 Å². The van der Waals surface area contributed by atoms with Crippen molar-refractivity contribution in [3.63, 3.8) is 0 Å². The summed E-state index contributed by atoms with van der Waals surface area (Å²) in [6.45, 7) is 1.98. The molecule has 0 aliphatic carbocycles. The van der Waals surface area contributed by atoms with E-state index in [1.54, 1.807) is 19.2 Å². The quantitative estimate of drug-likeness (QED) is 0.688. The molecular weight excluding hydrogens is 384 g/mol. The molecule has 1 amide bonds. The summed E-state index contributed by atoms with van der Waals surface area (Å²) in [5.74, 6) is 1.28. The molecule has 0 saturated carbocycles. The zero-order chi connectivity index (χ0) is 19.0. The van der Waals surface area contributed by atoms with Crippen molar-refractivity contribution in [3.05, 3.63) is 57.9 Å². The number of anilines is 1. The van der Waals surface area contributed by atoms with E-state index in [0.717, 1.165) is 27.4 Å². The van der Waals surface area contributed by atoms with Crippen LogP contribution >= 0.6 is 22.9 Å². The lowest BCUT2D eigenvalue weighted by Gasteiger charge is -2.09. The van der Waals surface area contributed by atoms with Crippen LogP contribution in [0, 0.1) is 6.92 Å². The number of hydrogen-bond donors (Lipinski definition) is 1. The number of aryl methyl sites for hydroxylation is 1. The molecule has 3 aromatic rings. The summed E-state index contributed by atoms with van der Waals surface area (Å²) in [6.07, 6.45) is -0.0793. The molecule has 1 aliphatic rings. The Morgan fingerprint density at radius 1 is 1.30 bits per heavy atom. The van der Waals surface area contributed by atoms with E-state index in [1.807, 2.05) is 37.3 Å². The van der Waals surface area contributed by atoms with Gasteiger partial charge >= 0.3 is 0 Å². The third kappa shape index (κ3) is 3.63. The molecule has 0 radical (unpaired) electrons. The van der Waals surface area contributed by atoms with Crippen LogP contribution in [0.4, 0.5) is 5.13 Å². The van der Waals surface area contributed by atoms with Gasteiger partial charge in [0.2, 0.25) is 0 Å². The van der Waals surface area contributed by atoms with Gasteiger partial charge in [-0.2, -0.15) is 0 Å². The van der Waals surface area contributed by atoms with Gasteiger partial charge in [0.05, 0.1) is 12.8 Å². The number of carbonyl (C=O) groups excluding carboxylic acids is 1. The van der Waals surface area contributed by atoms with Crippen molar-refractivity contribution in [2.75, 3.05) is 12.4 Å². The zero-order valence-corrected chi connectivity index (χ0v) is 16.4. The highest BCUT2D eigenvalue weighted by Crippen LogP contribution is 2.33. The van der Waals surface area contributed by atoms with Gasteiger partial charge in [0.25, 0.3) is 5.91 Å². The molecule has 1 aromatic heterocycles. The molecule has 138 valence electrons. The van der Waals surface area contributed by atoms with Crippen LogP contribution in [0.2, 0.25) is 5.02 Å². The van der Waals surface area contributed by atoms with Gasteiger partial charge < -0.3 is 9.47 Å². The second-order valence-corrected chi connectivity index (χ2v) is 7.84. The third-order valence-electron chi connectivity index (χ3n) is 4.38. The Bertz CT molecular complexity index is 1000. The van der Waals surface area contributed by atoms with Crippen LogP contribution in [0.3, 0.4) is 0 Å². The smallest absolute Gasteiger partial charge is 0.267 e. The standard InChI is InChI=1S/C20H17ClN2O3S/c1-11-18(12-3-6-15(25-2)7-4-12)22-20(27-11)23-19(24)17-10-13-9-14(21)5-8-16(13)26-17/h3-9,17H,10H2,1-2H3,(H,22,23,24)/t17-/m0/s1. The van der Waals surface area contributed by atoms with Crippen LogP contribution in [0.5, 0.6) is 11.5 Å². The lowest BCUT2D eigenvalue weighted by atomic mass is 10.1. The highest BCUT2D eigenvalue weighted by molar-refractivity contribution is 7.16. The number of nitrogens with one attached hydrogen (secondary N) is 1. The summed E-state index contributed by atoms with van der Waals surface area (Å²) in [4.78, 5) is 18.2. The number of rotatable bonds is 4. The van der Waals surface area contributed by atoms with Crippen LogP contribution in [0.15, 0.2) is 42.5 Å². The Kier molecular flexibility index (Phi) is 4.76. The van der Waals surface area contributed by atoms with Crippen LogP contribution < -0.4 is 14.8 Å². The van der Waals surface area contributed by atoms with Gasteiger partial charge in [-0.15, -0.1) is 11.3 Å². The van der Waals surface area contributed by atoms with Crippen LogP contribution in [-0.4, -0.2) is 24.1 Å². The number of aromatic nitrogens is 1. The van der Waals surface area contributed by atoms with Gasteiger partial charge in [-0.1, -0.05) is 11.6 Å². The largest absolute Gasteiger partial charge is 0.497 e. The molecule has 0 fully saturated rings. The van der Waals surface area contributed by atoms with E-state index in [1.165, 1.54) is 11.3 Å². The van der Waals surface area contributed by atoms with Gasteiger partial charge in [0, 0.05) is 21.9 Å². The van der Waals surface area contributed by atoms with Crippen molar-refractivity contribution in [1.29, 1.82) is 0 Å². The van der Waals surface area contributed by atoms with Gasteiger partial charge in [-0.3, -0.25) is 10.1 Å². The molecule has 1 N–H and O–H groups in total. The summed E-state index contributed by atoms with van der Waals surface area (Å²) in [5, 5.41) is 4.07. The van der Waals surface area contributed by atoms with Gasteiger partial charge in [0.1, 0.15) is 11.5 Å². The first-order valence-electron chi connectivity index (χ1n) is 8.41. The minimum absolute atomic E-state index is 0.211. The number of hydrogen-bond acceptors (Lipinski definition) is 5.